The predicted molar refractivity (Wildman–Crippen MR) is 143 cm³/mol. The van der Waals surface area contributed by atoms with Gasteiger partial charge in [-0.2, -0.15) is 0 Å². The summed E-state index contributed by atoms with van der Waals surface area (Å²) in [7, 11) is -4.76. The number of imidazole rings is 1. The van der Waals surface area contributed by atoms with Gasteiger partial charge < -0.3 is 40.4 Å². The first kappa shape index (κ1) is 29.6. The van der Waals surface area contributed by atoms with Gasteiger partial charge in [-0.25, -0.2) is 19.5 Å². The van der Waals surface area contributed by atoms with E-state index < -0.39 is 76.5 Å². The Bertz CT molecular complexity index is 1610. The molecule has 9 atom stereocenters. The molecule has 0 radical (unpaired) electrons. The molecular weight excluding hydrogens is 620 g/mol. The summed E-state index contributed by atoms with van der Waals surface area (Å²) in [6, 6.07) is 2.79. The first-order valence-electron chi connectivity index (χ1n) is 12.4. The summed E-state index contributed by atoms with van der Waals surface area (Å²) < 4.78 is 48.3. The smallest absolute Gasteiger partial charge is 0.387 e. The SMILES string of the molecule is NC(=O)c1cc([C@@H]2O[C@@H]3COP(=O)(O)O[C@H]4C[C@H](n5cnc6c(N)ncnc65)O[C@@H]4COP(O)(=S)O[C@H]3[C@H]2O)ccn1. The number of anilines is 1. The number of carbonyl (C=O) groups is 1. The highest BCUT2D eigenvalue weighted by Crippen LogP contribution is 2.54. The number of pyridine rings is 1. The lowest BCUT2D eigenvalue weighted by atomic mass is 10.0. The van der Waals surface area contributed by atoms with Crippen LogP contribution in [0.3, 0.4) is 0 Å². The third-order valence-electron chi connectivity index (χ3n) is 6.90. The fourth-order valence-corrected chi connectivity index (χ4v) is 7.38. The molecule has 0 spiro atoms. The number of hydrogen-bond donors (Lipinski definition) is 5. The number of amides is 1. The Balaban J connectivity index is 1.24. The molecule has 0 aliphatic carbocycles. The third-order valence-corrected chi connectivity index (χ3v) is 9.48. The highest BCUT2D eigenvalue weighted by atomic mass is 32.5. The number of nitrogens with two attached hydrogens (primary N) is 2. The van der Waals surface area contributed by atoms with Gasteiger partial charge in [-0.1, -0.05) is 0 Å². The number of primary amides is 1. The van der Waals surface area contributed by atoms with Crippen LogP contribution in [0.25, 0.3) is 11.2 Å². The number of aliphatic hydroxyl groups excluding tert-OH is 1. The minimum Gasteiger partial charge on any atom is -0.387 e. The molecule has 3 aromatic rings. The van der Waals surface area contributed by atoms with Gasteiger partial charge in [-0.15, -0.1) is 0 Å². The van der Waals surface area contributed by atoms with Crippen molar-refractivity contribution in [2.45, 2.75) is 49.3 Å². The maximum atomic E-state index is 13.0. The zero-order valence-electron chi connectivity index (χ0n) is 21.4. The number of phosphoric ester groups is 1. The van der Waals surface area contributed by atoms with Crippen LogP contribution >= 0.6 is 14.5 Å². The van der Waals surface area contributed by atoms with Crippen molar-refractivity contribution in [3.8, 4) is 0 Å². The Morgan fingerprint density at radius 1 is 1.07 bits per heavy atom. The molecule has 0 aromatic carbocycles. The maximum Gasteiger partial charge on any atom is 0.472 e. The van der Waals surface area contributed by atoms with E-state index in [1.54, 1.807) is 4.57 Å². The van der Waals surface area contributed by atoms with Crippen molar-refractivity contribution < 1.29 is 51.8 Å². The Morgan fingerprint density at radius 2 is 1.86 bits per heavy atom. The lowest BCUT2D eigenvalue weighted by Crippen LogP contribution is -2.37. The number of phosphoric acid groups is 1. The number of aromatic nitrogens is 5. The van der Waals surface area contributed by atoms with Crippen LogP contribution in [0, 0.1) is 0 Å². The van der Waals surface area contributed by atoms with Gasteiger partial charge in [-0.3, -0.25) is 27.9 Å². The van der Waals surface area contributed by atoms with Gasteiger partial charge in [0.2, 0.25) is 0 Å². The molecule has 2 unspecified atom stereocenters. The molecule has 7 N–H and O–H groups in total. The van der Waals surface area contributed by atoms with Crippen molar-refractivity contribution >= 4 is 49.2 Å². The summed E-state index contributed by atoms with van der Waals surface area (Å²) in [5, 5.41) is 11.1. The third kappa shape index (κ3) is 5.84. The summed E-state index contributed by atoms with van der Waals surface area (Å²) in [5.41, 5.74) is 12.1. The van der Waals surface area contributed by atoms with E-state index in [-0.39, 0.29) is 17.9 Å². The van der Waals surface area contributed by atoms with Crippen molar-refractivity contribution in [3.63, 3.8) is 0 Å². The van der Waals surface area contributed by atoms with Crippen molar-refractivity contribution in [1.29, 1.82) is 0 Å². The van der Waals surface area contributed by atoms with Gasteiger partial charge in [0, 0.05) is 12.6 Å². The number of nitrogens with zero attached hydrogens (tertiary/aromatic N) is 5. The van der Waals surface area contributed by atoms with E-state index in [9.17, 15) is 24.3 Å². The van der Waals surface area contributed by atoms with E-state index >= 15 is 0 Å². The Hall–Kier alpha value is -2.51. The summed E-state index contributed by atoms with van der Waals surface area (Å²) >= 11 is 5.20. The number of hydrogen-bond acceptors (Lipinski definition) is 15. The molecular formula is C21H25N7O11P2S. The summed E-state index contributed by atoms with van der Waals surface area (Å²) in [4.78, 5) is 49.2. The van der Waals surface area contributed by atoms with Crippen molar-refractivity contribution in [3.05, 3.63) is 42.2 Å². The minimum absolute atomic E-state index is 0.0278. The summed E-state index contributed by atoms with van der Waals surface area (Å²) in [6.07, 6.45) is -4.08. The first-order chi connectivity index (χ1) is 19.9. The Kier molecular flexibility index (Phi) is 7.88. The van der Waals surface area contributed by atoms with Crippen LogP contribution in [0.5, 0.6) is 0 Å². The molecule has 42 heavy (non-hydrogen) atoms. The van der Waals surface area contributed by atoms with Crippen LogP contribution in [0.2, 0.25) is 0 Å². The van der Waals surface area contributed by atoms with E-state index in [4.69, 9.17) is 50.8 Å². The topological polar surface area (TPSA) is 259 Å². The first-order valence-corrected chi connectivity index (χ1v) is 16.5. The van der Waals surface area contributed by atoms with Gasteiger partial charge in [0.25, 0.3) is 5.91 Å². The van der Waals surface area contributed by atoms with Gasteiger partial charge in [0.05, 0.1) is 19.5 Å². The second-order valence-electron chi connectivity index (χ2n) is 9.61. The molecule has 3 aliphatic rings. The van der Waals surface area contributed by atoms with Gasteiger partial charge in [-0.05, 0) is 29.5 Å². The highest BCUT2D eigenvalue weighted by molar-refractivity contribution is 8.07. The van der Waals surface area contributed by atoms with Crippen LogP contribution < -0.4 is 11.5 Å². The van der Waals surface area contributed by atoms with E-state index in [2.05, 4.69) is 19.9 Å². The lowest BCUT2D eigenvalue weighted by Gasteiger charge is -2.29. The molecule has 21 heteroatoms. The highest BCUT2D eigenvalue weighted by Gasteiger charge is 2.50. The molecule has 226 valence electrons. The van der Waals surface area contributed by atoms with Gasteiger partial charge in [0.1, 0.15) is 60.4 Å². The van der Waals surface area contributed by atoms with Crippen LogP contribution in [-0.2, 0) is 43.9 Å². The number of carbonyl (C=O) groups excluding carboxylic acids is 1. The van der Waals surface area contributed by atoms with Crippen molar-refractivity contribution in [2.75, 3.05) is 18.9 Å². The summed E-state index contributed by atoms with van der Waals surface area (Å²) in [5.74, 6) is -0.648. The van der Waals surface area contributed by atoms with E-state index in [0.29, 0.717) is 16.7 Å². The molecule has 6 rings (SSSR count). The molecule has 18 nitrogen and oxygen atoms in total. The number of rotatable bonds is 3. The molecule has 3 fully saturated rings. The average Bonchev–Trinajstić information content (AvgIpc) is 3.62. The maximum absolute atomic E-state index is 13.0. The second-order valence-corrected chi connectivity index (χ2v) is 13.8. The Morgan fingerprint density at radius 3 is 2.64 bits per heavy atom. The van der Waals surface area contributed by atoms with Gasteiger partial charge in [0.15, 0.2) is 11.5 Å². The second kappa shape index (κ2) is 11.2. The standard InChI is InChI=1S/C21H25N7O11P2S/c22-19-15-21(26-7-25-19)28(8-27-15)14-4-11-12(36-14)5-35-41(33,42)39-18-13(6-34-40(31,32)38-11)37-17(16(18)29)9-1-2-24-10(3-9)20(23)30/h1-3,7-8,11-14,16-18,29H,4-6H2,(H2,23,30)(H,31,32)(H,33,42)(H2,22,25,26)/t11-,12+,13+,14+,16-,17-,18+,41?/m0/s1. The largest absolute Gasteiger partial charge is 0.472 e. The number of ether oxygens (including phenoxy) is 2. The molecule has 6 heterocycles. The fourth-order valence-electron chi connectivity index (χ4n) is 4.97. The van der Waals surface area contributed by atoms with Crippen LogP contribution in [-0.4, -0.2) is 89.0 Å². The van der Waals surface area contributed by atoms with E-state index in [1.165, 1.54) is 31.0 Å². The molecule has 3 aliphatic heterocycles. The average molecular weight is 645 g/mol. The van der Waals surface area contributed by atoms with E-state index in [1.807, 2.05) is 0 Å². The molecule has 3 saturated heterocycles. The van der Waals surface area contributed by atoms with Crippen molar-refractivity contribution in [1.82, 2.24) is 24.5 Å². The van der Waals surface area contributed by atoms with Crippen LogP contribution in [0.15, 0.2) is 31.0 Å². The molecule has 0 bridgehead atoms. The zero-order valence-corrected chi connectivity index (χ0v) is 24.0. The monoisotopic (exact) mass is 645 g/mol. The lowest BCUT2D eigenvalue weighted by molar-refractivity contribution is -0.0568. The van der Waals surface area contributed by atoms with Crippen LogP contribution in [0.1, 0.15) is 34.8 Å². The van der Waals surface area contributed by atoms with Crippen LogP contribution in [0.4, 0.5) is 5.82 Å². The predicted octanol–water partition coefficient (Wildman–Crippen LogP) is -0.175. The quantitative estimate of drug-likeness (QED) is 0.231. The normalized spacial score (nSPS) is 37.5. The van der Waals surface area contributed by atoms with Crippen molar-refractivity contribution in [2.24, 2.45) is 5.73 Å². The molecule has 0 saturated carbocycles. The summed E-state index contributed by atoms with van der Waals surface area (Å²) in [6.45, 7) is -5.09. The number of nitrogen functional groups attached to an aromatic ring is 1. The van der Waals surface area contributed by atoms with E-state index in [0.717, 1.165) is 0 Å². The van der Waals surface area contributed by atoms with Gasteiger partial charge >= 0.3 is 14.5 Å². The number of aliphatic hydroxyl groups is 1. The Labute approximate surface area is 241 Å². The minimum atomic E-state index is -4.76. The fraction of sp³-hybridized carbons (Fsp3) is 0.476. The molecule has 3 aromatic heterocycles. The molecule has 1 amide bonds. The zero-order chi connectivity index (χ0) is 29.8. The number of fused-ring (bicyclic) bond motifs is 3.